The van der Waals surface area contributed by atoms with E-state index < -0.39 is 5.82 Å². The maximum absolute atomic E-state index is 13.2. The standard InChI is InChI=1S/C17H19ClFN3O/c1-10(2)16-20-15-9-22(6-5-12(15)17(23)21-16)8-11-3-4-14(19)13(18)7-11/h3-4,7,10H,5-6,8-9H2,1-2H3,(H,20,21,23). The van der Waals surface area contributed by atoms with Crippen molar-refractivity contribution in [2.45, 2.75) is 39.3 Å². The first-order chi connectivity index (χ1) is 10.9. The van der Waals surface area contributed by atoms with Crippen LogP contribution in [-0.2, 0) is 19.5 Å². The molecule has 1 aliphatic heterocycles. The van der Waals surface area contributed by atoms with Gasteiger partial charge in [0.05, 0.1) is 10.7 Å². The minimum absolute atomic E-state index is 0.0248. The van der Waals surface area contributed by atoms with Crippen LogP contribution in [0.4, 0.5) is 4.39 Å². The first-order valence-electron chi connectivity index (χ1n) is 7.72. The summed E-state index contributed by atoms with van der Waals surface area (Å²) in [6, 6.07) is 4.77. The summed E-state index contributed by atoms with van der Waals surface area (Å²) in [5.41, 5.74) is 2.55. The summed E-state index contributed by atoms with van der Waals surface area (Å²) in [7, 11) is 0. The summed E-state index contributed by atoms with van der Waals surface area (Å²) in [6.45, 7) is 6.06. The summed E-state index contributed by atoms with van der Waals surface area (Å²) in [6.07, 6.45) is 0.672. The molecule has 1 aromatic heterocycles. The number of fused-ring (bicyclic) bond motifs is 1. The Balaban J connectivity index is 1.81. The van der Waals surface area contributed by atoms with Gasteiger partial charge >= 0.3 is 0 Å². The van der Waals surface area contributed by atoms with Crippen molar-refractivity contribution < 1.29 is 4.39 Å². The van der Waals surface area contributed by atoms with E-state index in [0.717, 1.165) is 29.2 Å². The monoisotopic (exact) mass is 335 g/mol. The second-order valence-electron chi connectivity index (χ2n) is 6.24. The summed E-state index contributed by atoms with van der Waals surface area (Å²) in [4.78, 5) is 21.8. The van der Waals surface area contributed by atoms with E-state index in [1.807, 2.05) is 13.8 Å². The predicted molar refractivity (Wildman–Crippen MR) is 88.2 cm³/mol. The van der Waals surface area contributed by atoms with Gasteiger partial charge in [0, 0.05) is 31.1 Å². The molecule has 1 N–H and O–H groups in total. The molecule has 23 heavy (non-hydrogen) atoms. The number of nitrogens with one attached hydrogen (secondary N) is 1. The van der Waals surface area contributed by atoms with Crippen molar-refractivity contribution >= 4 is 11.6 Å². The molecule has 0 bridgehead atoms. The van der Waals surface area contributed by atoms with Crippen LogP contribution in [0.3, 0.4) is 0 Å². The minimum atomic E-state index is -0.408. The first-order valence-corrected chi connectivity index (χ1v) is 8.10. The zero-order valence-electron chi connectivity index (χ0n) is 13.2. The minimum Gasteiger partial charge on any atom is -0.310 e. The van der Waals surface area contributed by atoms with Crippen molar-refractivity contribution in [1.82, 2.24) is 14.9 Å². The molecular weight excluding hydrogens is 317 g/mol. The Morgan fingerprint density at radius 3 is 2.91 bits per heavy atom. The van der Waals surface area contributed by atoms with Gasteiger partial charge in [0.2, 0.25) is 0 Å². The van der Waals surface area contributed by atoms with Gasteiger partial charge in [-0.05, 0) is 24.1 Å². The number of benzene rings is 1. The summed E-state index contributed by atoms with van der Waals surface area (Å²) >= 11 is 5.84. The van der Waals surface area contributed by atoms with Crippen LogP contribution >= 0.6 is 11.6 Å². The van der Waals surface area contributed by atoms with E-state index in [0.29, 0.717) is 19.5 Å². The van der Waals surface area contributed by atoms with E-state index in [2.05, 4.69) is 14.9 Å². The summed E-state index contributed by atoms with van der Waals surface area (Å²) < 4.78 is 13.2. The molecule has 0 radical (unpaired) electrons. The maximum atomic E-state index is 13.2. The maximum Gasteiger partial charge on any atom is 0.254 e. The van der Waals surface area contributed by atoms with Crippen LogP contribution in [0.15, 0.2) is 23.0 Å². The largest absolute Gasteiger partial charge is 0.310 e. The Morgan fingerprint density at radius 2 is 2.22 bits per heavy atom. The predicted octanol–water partition coefficient (Wildman–Crippen LogP) is 3.24. The Labute approximate surface area is 139 Å². The van der Waals surface area contributed by atoms with E-state index >= 15 is 0 Å². The highest BCUT2D eigenvalue weighted by atomic mass is 35.5. The Hall–Kier alpha value is -1.72. The van der Waals surface area contributed by atoms with E-state index in [4.69, 9.17) is 11.6 Å². The molecular formula is C17H19ClFN3O. The second-order valence-corrected chi connectivity index (χ2v) is 6.65. The fraction of sp³-hybridized carbons (Fsp3) is 0.412. The van der Waals surface area contributed by atoms with Crippen molar-refractivity contribution in [1.29, 1.82) is 0 Å². The Morgan fingerprint density at radius 1 is 1.43 bits per heavy atom. The summed E-state index contributed by atoms with van der Waals surface area (Å²) in [5, 5.41) is 0.136. The molecule has 0 spiro atoms. The van der Waals surface area contributed by atoms with Crippen molar-refractivity contribution in [2.75, 3.05) is 6.54 Å². The quantitative estimate of drug-likeness (QED) is 0.936. The molecule has 0 atom stereocenters. The topological polar surface area (TPSA) is 49.0 Å². The number of hydrogen-bond donors (Lipinski definition) is 1. The third-order valence-corrected chi connectivity index (χ3v) is 4.40. The van der Waals surface area contributed by atoms with Crippen LogP contribution in [0.2, 0.25) is 5.02 Å². The number of halogens is 2. The van der Waals surface area contributed by atoms with Crippen LogP contribution in [-0.4, -0.2) is 21.4 Å². The van der Waals surface area contributed by atoms with Crippen molar-refractivity contribution in [2.24, 2.45) is 0 Å². The van der Waals surface area contributed by atoms with Gasteiger partial charge in [0.25, 0.3) is 5.56 Å². The van der Waals surface area contributed by atoms with Crippen molar-refractivity contribution in [3.63, 3.8) is 0 Å². The molecule has 4 nitrogen and oxygen atoms in total. The average Bonchev–Trinajstić information content (AvgIpc) is 2.50. The molecule has 0 aliphatic carbocycles. The molecule has 0 unspecified atom stereocenters. The number of rotatable bonds is 3. The van der Waals surface area contributed by atoms with E-state index in [9.17, 15) is 9.18 Å². The van der Waals surface area contributed by atoms with Crippen LogP contribution in [0.25, 0.3) is 0 Å². The smallest absolute Gasteiger partial charge is 0.254 e. The fourth-order valence-corrected chi connectivity index (χ4v) is 3.02. The number of nitrogens with zero attached hydrogens (tertiary/aromatic N) is 2. The third-order valence-electron chi connectivity index (χ3n) is 4.11. The van der Waals surface area contributed by atoms with Gasteiger partial charge in [-0.15, -0.1) is 0 Å². The third kappa shape index (κ3) is 3.46. The first kappa shape index (κ1) is 16.1. The van der Waals surface area contributed by atoms with Crippen LogP contribution in [0, 0.1) is 5.82 Å². The number of H-pyrrole nitrogens is 1. The Kier molecular flexibility index (Phi) is 4.50. The van der Waals surface area contributed by atoms with Gasteiger partial charge in [-0.3, -0.25) is 9.69 Å². The van der Waals surface area contributed by atoms with Crippen LogP contribution in [0.5, 0.6) is 0 Å². The lowest BCUT2D eigenvalue weighted by Gasteiger charge is -2.28. The van der Waals surface area contributed by atoms with Crippen LogP contribution < -0.4 is 5.56 Å². The average molecular weight is 336 g/mol. The van der Waals surface area contributed by atoms with Crippen molar-refractivity contribution in [3.05, 3.63) is 62.0 Å². The lowest BCUT2D eigenvalue weighted by atomic mass is 10.0. The molecule has 3 rings (SSSR count). The SMILES string of the molecule is CC(C)c1nc2c(c(=O)[nH]1)CCN(Cc1ccc(F)c(Cl)c1)C2. The van der Waals surface area contributed by atoms with E-state index in [1.165, 1.54) is 6.07 Å². The van der Waals surface area contributed by atoms with E-state index in [1.54, 1.807) is 12.1 Å². The molecule has 1 aromatic carbocycles. The molecule has 2 aromatic rings. The van der Waals surface area contributed by atoms with Gasteiger partial charge in [0.1, 0.15) is 11.6 Å². The molecule has 0 fully saturated rings. The second kappa shape index (κ2) is 6.42. The molecule has 6 heteroatoms. The fourth-order valence-electron chi connectivity index (χ4n) is 2.82. The normalized spacial score (nSPS) is 15.0. The molecule has 0 saturated heterocycles. The van der Waals surface area contributed by atoms with E-state index in [-0.39, 0.29) is 16.5 Å². The van der Waals surface area contributed by atoms with Gasteiger partial charge in [-0.2, -0.15) is 0 Å². The molecule has 122 valence electrons. The van der Waals surface area contributed by atoms with Gasteiger partial charge in [-0.1, -0.05) is 31.5 Å². The summed E-state index contributed by atoms with van der Waals surface area (Å²) in [5.74, 6) is 0.494. The van der Waals surface area contributed by atoms with Gasteiger partial charge in [-0.25, -0.2) is 9.37 Å². The number of aromatic amines is 1. The highest BCUT2D eigenvalue weighted by Gasteiger charge is 2.21. The lowest BCUT2D eigenvalue weighted by Crippen LogP contribution is -2.35. The lowest BCUT2D eigenvalue weighted by molar-refractivity contribution is 0.240. The number of hydrogen-bond acceptors (Lipinski definition) is 3. The zero-order chi connectivity index (χ0) is 16.6. The number of aromatic nitrogens is 2. The zero-order valence-corrected chi connectivity index (χ0v) is 14.0. The van der Waals surface area contributed by atoms with Crippen molar-refractivity contribution in [3.8, 4) is 0 Å². The molecule has 0 saturated carbocycles. The van der Waals surface area contributed by atoms with Gasteiger partial charge in [0.15, 0.2) is 0 Å². The highest BCUT2D eigenvalue weighted by molar-refractivity contribution is 6.30. The Bertz CT molecular complexity index is 788. The molecule has 1 aliphatic rings. The molecule has 2 heterocycles. The highest BCUT2D eigenvalue weighted by Crippen LogP contribution is 2.21. The van der Waals surface area contributed by atoms with Crippen LogP contribution in [0.1, 0.15) is 42.4 Å². The van der Waals surface area contributed by atoms with Gasteiger partial charge < -0.3 is 4.98 Å². The molecule has 0 amide bonds.